The Morgan fingerprint density at radius 1 is 1.57 bits per heavy atom. The minimum absolute atomic E-state index is 0.198. The highest BCUT2D eigenvalue weighted by atomic mass is 16.2. The van der Waals surface area contributed by atoms with E-state index in [1.807, 2.05) is 13.8 Å². The third-order valence-corrected chi connectivity index (χ3v) is 2.18. The van der Waals surface area contributed by atoms with Gasteiger partial charge in [0.15, 0.2) is 0 Å². The molecule has 0 saturated heterocycles. The van der Waals surface area contributed by atoms with Crippen molar-refractivity contribution in [2.75, 3.05) is 5.32 Å². The number of aromatic nitrogens is 2. The summed E-state index contributed by atoms with van der Waals surface area (Å²) in [5.74, 6) is 0.515. The van der Waals surface area contributed by atoms with Crippen molar-refractivity contribution in [2.24, 2.45) is 12.8 Å². The molecule has 1 rings (SSSR count). The first-order valence-electron chi connectivity index (χ1n) is 4.50. The van der Waals surface area contributed by atoms with E-state index in [0.29, 0.717) is 5.82 Å². The van der Waals surface area contributed by atoms with E-state index in [2.05, 4.69) is 10.4 Å². The van der Waals surface area contributed by atoms with E-state index in [1.54, 1.807) is 18.7 Å². The molecule has 1 aromatic heterocycles. The maximum absolute atomic E-state index is 11.3. The quantitative estimate of drug-likeness (QED) is 0.715. The topological polar surface area (TPSA) is 72.9 Å². The van der Waals surface area contributed by atoms with Crippen molar-refractivity contribution in [3.63, 3.8) is 0 Å². The molecule has 0 fully saturated rings. The van der Waals surface area contributed by atoms with Crippen LogP contribution in [-0.4, -0.2) is 21.7 Å². The van der Waals surface area contributed by atoms with Gasteiger partial charge in [-0.05, 0) is 20.8 Å². The van der Waals surface area contributed by atoms with E-state index in [4.69, 9.17) is 5.73 Å². The Morgan fingerprint density at radius 2 is 2.14 bits per heavy atom. The highest BCUT2D eigenvalue weighted by Crippen LogP contribution is 2.16. The summed E-state index contributed by atoms with van der Waals surface area (Å²) in [4.78, 5) is 11.3. The van der Waals surface area contributed by atoms with Crippen molar-refractivity contribution in [3.8, 4) is 0 Å². The molecule has 5 heteroatoms. The summed E-state index contributed by atoms with van der Waals surface area (Å²) < 4.78 is 1.64. The lowest BCUT2D eigenvalue weighted by Crippen LogP contribution is -2.33. The minimum Gasteiger partial charge on any atom is -0.320 e. The van der Waals surface area contributed by atoms with Gasteiger partial charge in [0.25, 0.3) is 0 Å². The summed E-state index contributed by atoms with van der Waals surface area (Å²) in [7, 11) is 1.79. The Kier molecular flexibility index (Phi) is 2.90. The first-order valence-corrected chi connectivity index (χ1v) is 4.50. The molecule has 3 N–H and O–H groups in total. The molecule has 0 aliphatic carbocycles. The van der Waals surface area contributed by atoms with Crippen molar-refractivity contribution >= 4 is 11.7 Å². The van der Waals surface area contributed by atoms with Crippen LogP contribution in [0.15, 0.2) is 0 Å². The van der Waals surface area contributed by atoms with E-state index in [1.165, 1.54) is 0 Å². The normalized spacial score (nSPS) is 12.6. The van der Waals surface area contributed by atoms with Gasteiger partial charge in [0.1, 0.15) is 5.82 Å². The number of carbonyl (C=O) groups excluding carboxylic acids is 1. The second kappa shape index (κ2) is 3.79. The van der Waals surface area contributed by atoms with Gasteiger partial charge in [-0.25, -0.2) is 0 Å². The predicted octanol–water partition coefficient (Wildman–Crippen LogP) is 0.323. The van der Waals surface area contributed by atoms with Crippen LogP contribution >= 0.6 is 0 Å². The van der Waals surface area contributed by atoms with E-state index in [9.17, 15) is 4.79 Å². The number of nitrogens with zero attached hydrogens (tertiary/aromatic N) is 2. The van der Waals surface area contributed by atoms with Gasteiger partial charge in [-0.15, -0.1) is 0 Å². The highest BCUT2D eigenvalue weighted by molar-refractivity contribution is 5.94. The monoisotopic (exact) mass is 196 g/mol. The van der Waals surface area contributed by atoms with Gasteiger partial charge in [-0.2, -0.15) is 5.10 Å². The smallest absolute Gasteiger partial charge is 0.242 e. The van der Waals surface area contributed by atoms with E-state index >= 15 is 0 Å². The minimum atomic E-state index is -0.510. The lowest BCUT2D eigenvalue weighted by atomic mass is 10.2. The van der Waals surface area contributed by atoms with Crippen LogP contribution in [0.2, 0.25) is 0 Å². The number of anilines is 1. The Morgan fingerprint density at radius 3 is 2.50 bits per heavy atom. The first-order chi connectivity index (χ1) is 6.43. The van der Waals surface area contributed by atoms with Gasteiger partial charge in [-0.1, -0.05) is 0 Å². The third kappa shape index (κ3) is 1.93. The van der Waals surface area contributed by atoms with Crippen molar-refractivity contribution in [2.45, 2.75) is 26.8 Å². The van der Waals surface area contributed by atoms with Gasteiger partial charge < -0.3 is 11.1 Å². The van der Waals surface area contributed by atoms with Gasteiger partial charge in [-0.3, -0.25) is 9.48 Å². The van der Waals surface area contributed by atoms with Gasteiger partial charge in [0.05, 0.1) is 11.7 Å². The standard InChI is InChI=1S/C9H16N4O/c1-5-7(3)12-13(4)8(5)11-9(14)6(2)10/h6H,10H2,1-4H3,(H,11,14)/t6-/m0/s1. The molecule has 78 valence electrons. The van der Waals surface area contributed by atoms with Crippen LogP contribution in [0, 0.1) is 13.8 Å². The van der Waals surface area contributed by atoms with E-state index < -0.39 is 6.04 Å². The molecule has 0 radical (unpaired) electrons. The number of carbonyl (C=O) groups is 1. The number of rotatable bonds is 2. The zero-order chi connectivity index (χ0) is 10.9. The number of hydrogen-bond donors (Lipinski definition) is 2. The second-order valence-corrected chi connectivity index (χ2v) is 3.46. The molecule has 0 unspecified atom stereocenters. The van der Waals surface area contributed by atoms with Crippen LogP contribution in [0.25, 0.3) is 0 Å². The average molecular weight is 196 g/mol. The predicted molar refractivity (Wildman–Crippen MR) is 55.0 cm³/mol. The molecule has 1 amide bonds. The van der Waals surface area contributed by atoms with Crippen molar-refractivity contribution in [1.82, 2.24) is 9.78 Å². The van der Waals surface area contributed by atoms with Gasteiger partial charge in [0.2, 0.25) is 5.91 Å². The average Bonchev–Trinajstić information content (AvgIpc) is 2.32. The molecule has 0 saturated carbocycles. The van der Waals surface area contributed by atoms with Crippen LogP contribution in [0.4, 0.5) is 5.82 Å². The zero-order valence-corrected chi connectivity index (χ0v) is 8.96. The van der Waals surface area contributed by atoms with E-state index in [-0.39, 0.29) is 5.91 Å². The summed E-state index contributed by atoms with van der Waals surface area (Å²) in [5.41, 5.74) is 7.33. The number of amides is 1. The SMILES string of the molecule is Cc1nn(C)c(NC(=O)[C@H](C)N)c1C. The molecule has 0 aliphatic rings. The summed E-state index contributed by atoms with van der Waals surface area (Å²) in [6.07, 6.45) is 0. The van der Waals surface area contributed by atoms with Crippen molar-refractivity contribution in [1.29, 1.82) is 0 Å². The number of hydrogen-bond acceptors (Lipinski definition) is 3. The fraction of sp³-hybridized carbons (Fsp3) is 0.556. The Balaban J connectivity index is 2.92. The molecular weight excluding hydrogens is 180 g/mol. The molecule has 14 heavy (non-hydrogen) atoms. The second-order valence-electron chi connectivity index (χ2n) is 3.46. The molecule has 1 aromatic rings. The van der Waals surface area contributed by atoms with Crippen LogP contribution in [0.5, 0.6) is 0 Å². The zero-order valence-electron chi connectivity index (χ0n) is 8.96. The maximum atomic E-state index is 11.3. The van der Waals surface area contributed by atoms with E-state index in [0.717, 1.165) is 11.3 Å². The Labute approximate surface area is 83.3 Å². The van der Waals surface area contributed by atoms with Crippen molar-refractivity contribution < 1.29 is 4.79 Å². The van der Waals surface area contributed by atoms with Gasteiger partial charge in [0, 0.05) is 12.6 Å². The molecule has 0 bridgehead atoms. The summed E-state index contributed by atoms with van der Waals surface area (Å²) in [5, 5.41) is 6.92. The number of aryl methyl sites for hydroxylation is 2. The third-order valence-electron chi connectivity index (χ3n) is 2.18. The van der Waals surface area contributed by atoms with Crippen LogP contribution in [0.1, 0.15) is 18.2 Å². The van der Waals surface area contributed by atoms with Crippen LogP contribution < -0.4 is 11.1 Å². The van der Waals surface area contributed by atoms with Gasteiger partial charge >= 0.3 is 0 Å². The fourth-order valence-corrected chi connectivity index (χ4v) is 1.17. The van der Waals surface area contributed by atoms with Crippen LogP contribution in [0.3, 0.4) is 0 Å². The molecule has 1 heterocycles. The Bertz CT molecular complexity index is 354. The fourth-order valence-electron chi connectivity index (χ4n) is 1.17. The first kappa shape index (κ1) is 10.7. The van der Waals surface area contributed by atoms with Crippen molar-refractivity contribution in [3.05, 3.63) is 11.3 Å². The summed E-state index contributed by atoms with van der Waals surface area (Å²) in [6.45, 7) is 5.46. The Hall–Kier alpha value is -1.36. The molecule has 0 aliphatic heterocycles. The molecule has 0 aromatic carbocycles. The maximum Gasteiger partial charge on any atom is 0.242 e. The summed E-state index contributed by atoms with van der Waals surface area (Å²) in [6, 6.07) is -0.510. The van der Waals surface area contributed by atoms with Crippen LogP contribution in [-0.2, 0) is 11.8 Å². The molecule has 0 spiro atoms. The molecule has 1 atom stereocenters. The highest BCUT2D eigenvalue weighted by Gasteiger charge is 2.13. The molecule has 5 nitrogen and oxygen atoms in total. The molecular formula is C9H16N4O. The number of nitrogens with one attached hydrogen (secondary N) is 1. The lowest BCUT2D eigenvalue weighted by Gasteiger charge is -2.08. The summed E-state index contributed by atoms with van der Waals surface area (Å²) >= 11 is 0. The lowest BCUT2D eigenvalue weighted by molar-refractivity contribution is -0.117. The number of nitrogens with two attached hydrogens (primary N) is 1. The largest absolute Gasteiger partial charge is 0.320 e.